The van der Waals surface area contributed by atoms with Gasteiger partial charge in [-0.15, -0.1) is 11.3 Å². The van der Waals surface area contributed by atoms with Crippen molar-refractivity contribution in [2.75, 3.05) is 24.7 Å². The van der Waals surface area contributed by atoms with Crippen molar-refractivity contribution in [3.05, 3.63) is 33.6 Å². The molecule has 0 atom stereocenters. The fraction of sp³-hybridized carbons (Fsp3) is 0.458. The van der Waals surface area contributed by atoms with Crippen molar-refractivity contribution < 1.29 is 34.1 Å². The van der Waals surface area contributed by atoms with Crippen molar-refractivity contribution in [3.63, 3.8) is 0 Å². The number of amides is 1. The van der Waals surface area contributed by atoms with Crippen molar-refractivity contribution in [3.8, 4) is 16.2 Å². The molecule has 0 spiro atoms. The summed E-state index contributed by atoms with van der Waals surface area (Å²) in [5, 5.41) is 18.5. The molecule has 2 N–H and O–H groups in total. The van der Waals surface area contributed by atoms with Crippen molar-refractivity contribution in [2.24, 2.45) is 5.92 Å². The third-order valence-corrected chi connectivity index (χ3v) is 7.81. The monoisotopic (exact) mass is 553 g/mol. The van der Waals surface area contributed by atoms with E-state index in [1.54, 1.807) is 11.0 Å². The molecule has 0 radical (unpaired) electrons. The predicted octanol–water partition coefficient (Wildman–Crippen LogP) is 6.27. The molecule has 8 nitrogen and oxygen atoms in total. The number of hydrogen-bond acceptors (Lipinski definition) is 6. The maximum absolute atomic E-state index is 12.9. The van der Waals surface area contributed by atoms with E-state index in [0.717, 1.165) is 43.4 Å². The molecule has 3 rings (SSSR count). The summed E-state index contributed by atoms with van der Waals surface area (Å²) in [5.41, 5.74) is 1.34. The first kappa shape index (κ1) is 26.0. The lowest BCUT2D eigenvalue weighted by Gasteiger charge is -2.29. The van der Waals surface area contributed by atoms with Gasteiger partial charge in [0.1, 0.15) is 0 Å². The SMILES string of the molecule is CCCOC(=O)N(CC1CCCCC1)c1cccc(-c2sc(C(=O)O)c(OCC(=O)O)c2Br)c1. The number of thiophene rings is 1. The van der Waals surface area contributed by atoms with E-state index < -0.39 is 24.6 Å². The van der Waals surface area contributed by atoms with Crippen LogP contribution in [-0.2, 0) is 9.53 Å². The highest BCUT2D eigenvalue weighted by Gasteiger charge is 2.27. The fourth-order valence-corrected chi connectivity index (χ4v) is 5.87. The molecule has 0 bridgehead atoms. The van der Waals surface area contributed by atoms with Crippen molar-refractivity contribution in [1.29, 1.82) is 0 Å². The number of anilines is 1. The lowest BCUT2D eigenvalue weighted by atomic mass is 9.89. The molecule has 1 aliphatic carbocycles. The highest BCUT2D eigenvalue weighted by Crippen LogP contribution is 2.46. The van der Waals surface area contributed by atoms with Gasteiger partial charge < -0.3 is 19.7 Å². The standard InChI is InChI=1S/C24H28BrNO7S/c1-2-11-32-24(31)26(13-15-7-4-3-5-8-15)17-10-6-9-16(12-17)21-19(25)20(33-14-18(27)28)22(34-21)23(29)30/h6,9-10,12,15H,2-5,7-8,11,13-14H2,1H3,(H,27,28)(H,29,30). The van der Waals surface area contributed by atoms with Gasteiger partial charge in [-0.2, -0.15) is 0 Å². The second kappa shape index (κ2) is 12.2. The Hall–Kier alpha value is -2.59. The lowest BCUT2D eigenvalue weighted by molar-refractivity contribution is -0.139. The molecule has 1 aromatic heterocycles. The average Bonchev–Trinajstić information content (AvgIpc) is 3.16. The van der Waals surface area contributed by atoms with E-state index in [2.05, 4.69) is 15.9 Å². The number of nitrogens with zero attached hydrogens (tertiary/aromatic N) is 1. The minimum Gasteiger partial charge on any atom is -0.479 e. The van der Waals surface area contributed by atoms with Gasteiger partial charge in [0, 0.05) is 12.2 Å². The van der Waals surface area contributed by atoms with Crippen LogP contribution in [0.3, 0.4) is 0 Å². The summed E-state index contributed by atoms with van der Waals surface area (Å²) in [6, 6.07) is 7.26. The maximum atomic E-state index is 12.9. The van der Waals surface area contributed by atoms with Crippen molar-refractivity contribution in [1.82, 2.24) is 0 Å². The number of rotatable bonds is 10. The molecule has 1 aromatic carbocycles. The summed E-state index contributed by atoms with van der Waals surface area (Å²) in [6.07, 6.45) is 5.99. The Morgan fingerprint density at radius 3 is 2.56 bits per heavy atom. The van der Waals surface area contributed by atoms with Gasteiger partial charge in [0.15, 0.2) is 17.2 Å². The van der Waals surface area contributed by atoms with Crippen LogP contribution in [0, 0.1) is 5.92 Å². The summed E-state index contributed by atoms with van der Waals surface area (Å²) >= 11 is 4.36. The fourth-order valence-electron chi connectivity index (χ4n) is 3.98. The van der Waals surface area contributed by atoms with Gasteiger partial charge in [-0.25, -0.2) is 14.4 Å². The molecule has 2 aromatic rings. The molecular weight excluding hydrogens is 526 g/mol. The Kier molecular flexibility index (Phi) is 9.35. The lowest BCUT2D eigenvalue weighted by Crippen LogP contribution is -2.36. The van der Waals surface area contributed by atoms with Gasteiger partial charge in [0.2, 0.25) is 0 Å². The minimum atomic E-state index is -1.21. The Bertz CT molecular complexity index is 1030. The highest BCUT2D eigenvalue weighted by molar-refractivity contribution is 9.10. The zero-order chi connectivity index (χ0) is 24.7. The molecule has 1 fully saturated rings. The first-order valence-electron chi connectivity index (χ1n) is 11.3. The molecular formula is C24H28BrNO7S. The number of carboxylic acids is 2. The van der Waals surface area contributed by atoms with Gasteiger partial charge >= 0.3 is 18.0 Å². The topological polar surface area (TPSA) is 113 Å². The molecule has 1 amide bonds. The minimum absolute atomic E-state index is 0.0262. The van der Waals surface area contributed by atoms with Gasteiger partial charge in [-0.1, -0.05) is 38.3 Å². The van der Waals surface area contributed by atoms with Gasteiger partial charge in [0.25, 0.3) is 0 Å². The Labute approximate surface area is 210 Å². The first-order chi connectivity index (χ1) is 16.3. The van der Waals surface area contributed by atoms with E-state index in [1.165, 1.54) is 6.42 Å². The van der Waals surface area contributed by atoms with Gasteiger partial charge in [0.05, 0.1) is 16.0 Å². The Morgan fingerprint density at radius 2 is 1.91 bits per heavy atom. The van der Waals surface area contributed by atoms with E-state index >= 15 is 0 Å². The zero-order valence-corrected chi connectivity index (χ0v) is 21.3. The summed E-state index contributed by atoms with van der Waals surface area (Å²) < 4.78 is 11.1. The van der Waals surface area contributed by atoms with Crippen LogP contribution in [0.1, 0.15) is 55.1 Å². The van der Waals surface area contributed by atoms with E-state index in [9.17, 15) is 19.5 Å². The number of carbonyl (C=O) groups excluding carboxylic acids is 1. The normalized spacial score (nSPS) is 13.9. The van der Waals surface area contributed by atoms with E-state index in [1.807, 2.05) is 25.1 Å². The number of carboxylic acid groups (broad SMARTS) is 2. The maximum Gasteiger partial charge on any atom is 0.414 e. The van der Waals surface area contributed by atoms with Crippen molar-refractivity contribution in [2.45, 2.75) is 45.4 Å². The number of benzene rings is 1. The van der Waals surface area contributed by atoms with Crippen LogP contribution >= 0.6 is 27.3 Å². The second-order valence-corrected chi connectivity index (χ2v) is 9.98. The number of carbonyl (C=O) groups is 3. The molecule has 0 saturated heterocycles. The first-order valence-corrected chi connectivity index (χ1v) is 12.9. The molecule has 1 aliphatic rings. The molecule has 0 unspecified atom stereocenters. The highest BCUT2D eigenvalue weighted by atomic mass is 79.9. The van der Waals surface area contributed by atoms with Crippen molar-refractivity contribution >= 4 is 51.0 Å². The van der Waals surface area contributed by atoms with Gasteiger partial charge in [-0.05, 0) is 58.8 Å². The molecule has 10 heteroatoms. The second-order valence-electron chi connectivity index (χ2n) is 8.17. The number of ether oxygens (including phenoxy) is 2. The molecule has 184 valence electrons. The summed E-state index contributed by atoms with van der Waals surface area (Å²) in [6.45, 7) is 2.18. The third kappa shape index (κ3) is 6.50. The molecule has 1 saturated carbocycles. The van der Waals surface area contributed by atoms with E-state index in [-0.39, 0.29) is 10.6 Å². The van der Waals surface area contributed by atoms with Crippen LogP contribution in [0.5, 0.6) is 5.75 Å². The molecule has 34 heavy (non-hydrogen) atoms. The largest absolute Gasteiger partial charge is 0.479 e. The number of aromatic carboxylic acids is 1. The van der Waals surface area contributed by atoms with Crippen LogP contribution < -0.4 is 9.64 Å². The third-order valence-electron chi connectivity index (χ3n) is 5.58. The summed E-state index contributed by atoms with van der Waals surface area (Å²) in [7, 11) is 0. The zero-order valence-electron chi connectivity index (χ0n) is 18.9. The Balaban J connectivity index is 1.95. The van der Waals surface area contributed by atoms with Crippen LogP contribution in [0.25, 0.3) is 10.4 Å². The van der Waals surface area contributed by atoms with E-state index in [0.29, 0.717) is 39.7 Å². The Morgan fingerprint density at radius 1 is 1.18 bits per heavy atom. The van der Waals surface area contributed by atoms with Crippen LogP contribution in [0.4, 0.5) is 10.5 Å². The summed E-state index contributed by atoms with van der Waals surface area (Å²) in [4.78, 5) is 37.7. The predicted molar refractivity (Wildman–Crippen MR) is 133 cm³/mol. The number of hydrogen-bond donors (Lipinski definition) is 2. The van der Waals surface area contributed by atoms with E-state index in [4.69, 9.17) is 14.6 Å². The van der Waals surface area contributed by atoms with Crippen LogP contribution in [-0.4, -0.2) is 48.0 Å². The molecule has 0 aliphatic heterocycles. The quantitative estimate of drug-likeness (QED) is 0.356. The smallest absolute Gasteiger partial charge is 0.414 e. The van der Waals surface area contributed by atoms with Gasteiger partial charge in [-0.3, -0.25) is 4.90 Å². The average molecular weight is 554 g/mol. The molecule has 1 heterocycles. The summed E-state index contributed by atoms with van der Waals surface area (Å²) in [5.74, 6) is -2.05. The van der Waals surface area contributed by atoms with Crippen LogP contribution in [0.2, 0.25) is 0 Å². The van der Waals surface area contributed by atoms with Crippen LogP contribution in [0.15, 0.2) is 28.7 Å². The number of halogens is 1. The number of aliphatic carboxylic acids is 1.